The quantitative estimate of drug-likeness (QED) is 0.871. The second-order valence-corrected chi connectivity index (χ2v) is 4.39. The minimum Gasteiger partial charge on any atom is -0.330 e. The van der Waals surface area contributed by atoms with Gasteiger partial charge in [-0.05, 0) is 37.4 Å². The zero-order valence-electron chi connectivity index (χ0n) is 9.76. The molecule has 17 heavy (non-hydrogen) atoms. The van der Waals surface area contributed by atoms with Gasteiger partial charge >= 0.3 is 0 Å². The van der Waals surface area contributed by atoms with Crippen LogP contribution in [0.5, 0.6) is 0 Å². The van der Waals surface area contributed by atoms with Crippen LogP contribution in [0.15, 0.2) is 30.3 Å². The number of para-hydroxylation sites is 1. The Morgan fingerprint density at radius 3 is 2.65 bits per heavy atom. The fourth-order valence-corrected chi connectivity index (χ4v) is 2.42. The third-order valence-corrected chi connectivity index (χ3v) is 3.34. The first-order valence-electron chi connectivity index (χ1n) is 5.87. The summed E-state index contributed by atoms with van der Waals surface area (Å²) in [4.78, 5) is 12.0. The zero-order valence-corrected chi connectivity index (χ0v) is 10.6. The van der Waals surface area contributed by atoms with E-state index in [1.54, 1.807) is 0 Å². The fraction of sp³-hybridized carbons (Fsp3) is 0.462. The summed E-state index contributed by atoms with van der Waals surface area (Å²) in [5, 5.41) is 2.95. The standard InChI is InChI=1S/C13H18N2O.ClH/c14-9-10-5-4-8-12(10)13(16)15-11-6-2-1-3-7-11;/h1-3,6-7,10,12H,4-5,8-9,14H2,(H,15,16);1H/t10-,12-;/m1./s1. The fourth-order valence-electron chi connectivity index (χ4n) is 2.42. The molecule has 1 fully saturated rings. The number of hydrogen-bond donors (Lipinski definition) is 2. The van der Waals surface area contributed by atoms with Crippen molar-refractivity contribution in [1.82, 2.24) is 0 Å². The predicted octanol–water partition coefficient (Wildman–Crippen LogP) is 2.42. The van der Waals surface area contributed by atoms with Crippen molar-refractivity contribution in [3.8, 4) is 0 Å². The average Bonchev–Trinajstić information content (AvgIpc) is 2.78. The van der Waals surface area contributed by atoms with Gasteiger partial charge in [-0.15, -0.1) is 12.4 Å². The average molecular weight is 255 g/mol. The number of carbonyl (C=O) groups excluding carboxylic acids is 1. The van der Waals surface area contributed by atoms with Crippen molar-refractivity contribution in [3.05, 3.63) is 30.3 Å². The first-order chi connectivity index (χ1) is 7.81. The van der Waals surface area contributed by atoms with Crippen LogP contribution in [0.3, 0.4) is 0 Å². The van der Waals surface area contributed by atoms with Crippen molar-refractivity contribution in [2.45, 2.75) is 19.3 Å². The molecule has 0 unspecified atom stereocenters. The molecule has 0 saturated heterocycles. The third kappa shape index (κ3) is 3.45. The van der Waals surface area contributed by atoms with Gasteiger partial charge in [0.1, 0.15) is 0 Å². The molecule has 0 bridgehead atoms. The highest BCUT2D eigenvalue weighted by Gasteiger charge is 2.31. The van der Waals surface area contributed by atoms with Crippen molar-refractivity contribution < 1.29 is 4.79 Å². The molecule has 4 heteroatoms. The van der Waals surface area contributed by atoms with E-state index in [0.29, 0.717) is 12.5 Å². The van der Waals surface area contributed by atoms with Crippen LogP contribution in [0.1, 0.15) is 19.3 Å². The molecule has 1 aromatic rings. The molecule has 3 nitrogen and oxygen atoms in total. The number of halogens is 1. The van der Waals surface area contributed by atoms with Crippen LogP contribution in [-0.2, 0) is 4.79 Å². The molecule has 0 spiro atoms. The van der Waals surface area contributed by atoms with Crippen LogP contribution in [0.4, 0.5) is 5.69 Å². The number of carbonyl (C=O) groups is 1. The van der Waals surface area contributed by atoms with E-state index < -0.39 is 0 Å². The Kier molecular flexibility index (Phi) is 5.45. The lowest BCUT2D eigenvalue weighted by atomic mass is 9.95. The van der Waals surface area contributed by atoms with E-state index in [2.05, 4.69) is 5.32 Å². The summed E-state index contributed by atoms with van der Waals surface area (Å²) in [6.45, 7) is 0.618. The lowest BCUT2D eigenvalue weighted by molar-refractivity contribution is -0.120. The predicted molar refractivity (Wildman–Crippen MR) is 72.2 cm³/mol. The van der Waals surface area contributed by atoms with Gasteiger partial charge in [0.05, 0.1) is 0 Å². The van der Waals surface area contributed by atoms with E-state index in [9.17, 15) is 4.79 Å². The van der Waals surface area contributed by atoms with Gasteiger partial charge in [-0.1, -0.05) is 24.6 Å². The minimum atomic E-state index is 0. The van der Waals surface area contributed by atoms with Crippen molar-refractivity contribution in [2.75, 3.05) is 11.9 Å². The van der Waals surface area contributed by atoms with Gasteiger partial charge in [-0.3, -0.25) is 4.79 Å². The van der Waals surface area contributed by atoms with E-state index in [-0.39, 0.29) is 24.2 Å². The summed E-state index contributed by atoms with van der Waals surface area (Å²) >= 11 is 0. The molecule has 1 amide bonds. The number of nitrogens with two attached hydrogens (primary N) is 1. The van der Waals surface area contributed by atoms with E-state index in [4.69, 9.17) is 5.73 Å². The maximum absolute atomic E-state index is 12.0. The topological polar surface area (TPSA) is 55.1 Å². The van der Waals surface area contributed by atoms with E-state index >= 15 is 0 Å². The first-order valence-corrected chi connectivity index (χ1v) is 5.87. The van der Waals surface area contributed by atoms with E-state index in [1.807, 2.05) is 30.3 Å². The highest BCUT2D eigenvalue weighted by atomic mass is 35.5. The lowest BCUT2D eigenvalue weighted by Crippen LogP contribution is -2.29. The van der Waals surface area contributed by atoms with Gasteiger partial charge in [-0.2, -0.15) is 0 Å². The van der Waals surface area contributed by atoms with Crippen molar-refractivity contribution >= 4 is 24.0 Å². The Morgan fingerprint density at radius 2 is 2.00 bits per heavy atom. The maximum Gasteiger partial charge on any atom is 0.227 e. The summed E-state index contributed by atoms with van der Waals surface area (Å²) in [7, 11) is 0. The molecule has 1 aliphatic carbocycles. The molecule has 2 rings (SSSR count). The number of nitrogens with one attached hydrogen (secondary N) is 1. The number of benzene rings is 1. The minimum absolute atomic E-state index is 0. The highest BCUT2D eigenvalue weighted by molar-refractivity contribution is 5.92. The van der Waals surface area contributed by atoms with Crippen molar-refractivity contribution in [3.63, 3.8) is 0 Å². The van der Waals surface area contributed by atoms with E-state index in [0.717, 1.165) is 24.9 Å². The Labute approximate surface area is 108 Å². The molecule has 1 aliphatic rings. The highest BCUT2D eigenvalue weighted by Crippen LogP contribution is 2.31. The molecule has 1 aromatic carbocycles. The monoisotopic (exact) mass is 254 g/mol. The van der Waals surface area contributed by atoms with Gasteiger partial charge in [0, 0.05) is 11.6 Å². The normalized spacial score (nSPS) is 22.9. The van der Waals surface area contributed by atoms with Crippen LogP contribution < -0.4 is 11.1 Å². The third-order valence-electron chi connectivity index (χ3n) is 3.34. The summed E-state index contributed by atoms with van der Waals surface area (Å²) in [6.07, 6.45) is 3.18. The number of anilines is 1. The van der Waals surface area contributed by atoms with Crippen LogP contribution in [-0.4, -0.2) is 12.5 Å². The Bertz CT molecular complexity index is 356. The van der Waals surface area contributed by atoms with Crippen molar-refractivity contribution in [1.29, 1.82) is 0 Å². The maximum atomic E-state index is 12.0. The molecular formula is C13H19ClN2O. The van der Waals surface area contributed by atoms with Gasteiger partial charge in [0.2, 0.25) is 5.91 Å². The summed E-state index contributed by atoms with van der Waals surface area (Å²) in [6, 6.07) is 9.60. The molecule has 3 N–H and O–H groups in total. The zero-order chi connectivity index (χ0) is 11.4. The molecular weight excluding hydrogens is 236 g/mol. The van der Waals surface area contributed by atoms with Crippen LogP contribution in [0, 0.1) is 11.8 Å². The summed E-state index contributed by atoms with van der Waals surface area (Å²) in [5.41, 5.74) is 6.55. The largest absolute Gasteiger partial charge is 0.330 e. The SMILES string of the molecule is Cl.NC[C@H]1CCC[C@H]1C(=O)Nc1ccccc1. The van der Waals surface area contributed by atoms with Gasteiger partial charge < -0.3 is 11.1 Å². The molecule has 0 radical (unpaired) electrons. The molecule has 0 heterocycles. The Balaban J connectivity index is 0.00000144. The van der Waals surface area contributed by atoms with Crippen molar-refractivity contribution in [2.24, 2.45) is 17.6 Å². The Hall–Kier alpha value is -1.06. The number of rotatable bonds is 3. The molecule has 2 atom stereocenters. The summed E-state index contributed by atoms with van der Waals surface area (Å²) < 4.78 is 0. The van der Waals surface area contributed by atoms with Gasteiger partial charge in [0.15, 0.2) is 0 Å². The smallest absolute Gasteiger partial charge is 0.227 e. The molecule has 0 aliphatic heterocycles. The summed E-state index contributed by atoms with van der Waals surface area (Å²) in [5.74, 6) is 0.591. The van der Waals surface area contributed by atoms with Gasteiger partial charge in [0.25, 0.3) is 0 Å². The van der Waals surface area contributed by atoms with Crippen LogP contribution in [0.2, 0.25) is 0 Å². The molecule has 0 aromatic heterocycles. The second-order valence-electron chi connectivity index (χ2n) is 4.39. The van der Waals surface area contributed by atoms with Crippen LogP contribution in [0.25, 0.3) is 0 Å². The Morgan fingerprint density at radius 1 is 1.29 bits per heavy atom. The van der Waals surface area contributed by atoms with Gasteiger partial charge in [-0.25, -0.2) is 0 Å². The number of hydrogen-bond acceptors (Lipinski definition) is 2. The number of amides is 1. The molecule has 1 saturated carbocycles. The second kappa shape index (κ2) is 6.62. The first kappa shape index (κ1) is 14.0. The molecule has 94 valence electrons. The van der Waals surface area contributed by atoms with Crippen LogP contribution >= 0.6 is 12.4 Å². The lowest BCUT2D eigenvalue weighted by Gasteiger charge is -2.17. The van der Waals surface area contributed by atoms with E-state index in [1.165, 1.54) is 0 Å².